The van der Waals surface area contributed by atoms with Crippen molar-refractivity contribution in [2.45, 2.75) is 0 Å². The fraction of sp³-hybridized carbons (Fsp3) is 0.286. The normalized spacial score (nSPS) is 10.0. The number of carbonyl (C=O) groups excluding carboxylic acids is 1. The highest BCUT2D eigenvalue weighted by Gasteiger charge is 2.14. The lowest BCUT2D eigenvalue weighted by atomic mass is 10.4. The number of hydrogen-bond acceptors (Lipinski definition) is 4. The fourth-order valence-electron chi connectivity index (χ4n) is 0.744. The Balaban J connectivity index is 3.01. The lowest BCUT2D eigenvalue weighted by Crippen LogP contribution is -2.26. The van der Waals surface area contributed by atoms with Crippen molar-refractivity contribution in [3.8, 4) is 0 Å². The molecule has 14 heavy (non-hydrogen) atoms. The number of nitrogens with zero attached hydrogens (tertiary/aromatic N) is 3. The molecule has 0 fully saturated rings. The number of halogens is 2. The Labute approximate surface area is 90.6 Å². The lowest BCUT2D eigenvalue weighted by molar-refractivity contribution is -0.0760. The first kappa shape index (κ1) is 11.2. The molecule has 0 bridgehead atoms. The molecule has 1 heterocycles. The van der Waals surface area contributed by atoms with E-state index in [0.29, 0.717) is 0 Å². The molecule has 0 spiro atoms. The van der Waals surface area contributed by atoms with Gasteiger partial charge in [0, 0.05) is 13.1 Å². The largest absolute Gasteiger partial charge is 0.295 e. The van der Waals surface area contributed by atoms with Crippen LogP contribution in [0.15, 0.2) is 6.07 Å². The summed E-state index contributed by atoms with van der Waals surface area (Å²) in [5.41, 5.74) is 0.0827. The minimum absolute atomic E-state index is 0.0784. The van der Waals surface area contributed by atoms with Gasteiger partial charge in [0.2, 0.25) is 5.28 Å². The summed E-state index contributed by atoms with van der Waals surface area (Å²) in [4.78, 5) is 23.5. The Bertz CT molecular complexity index is 339. The van der Waals surface area contributed by atoms with Crippen LogP contribution in [-0.4, -0.2) is 35.1 Å². The first-order valence-corrected chi connectivity index (χ1v) is 4.32. The molecule has 0 N–H and O–H groups in total. The highest BCUT2D eigenvalue weighted by atomic mass is 35.5. The lowest BCUT2D eigenvalue weighted by Gasteiger charge is -2.12. The average molecular weight is 236 g/mol. The summed E-state index contributed by atoms with van der Waals surface area (Å²) in [5.74, 6) is -0.446. The molecule has 0 saturated heterocycles. The summed E-state index contributed by atoms with van der Waals surface area (Å²) in [6.07, 6.45) is 0. The molecule has 0 radical (unpaired) electrons. The van der Waals surface area contributed by atoms with Gasteiger partial charge in [-0.1, -0.05) is 11.6 Å². The number of carbonyl (C=O) groups is 1. The van der Waals surface area contributed by atoms with Gasteiger partial charge in [-0.25, -0.2) is 15.0 Å². The number of rotatable bonds is 2. The molecule has 1 aromatic heterocycles. The fourth-order valence-corrected chi connectivity index (χ4v) is 1.15. The maximum atomic E-state index is 11.5. The van der Waals surface area contributed by atoms with E-state index in [9.17, 15) is 4.79 Å². The van der Waals surface area contributed by atoms with Gasteiger partial charge in [-0.15, -0.1) is 0 Å². The minimum Gasteiger partial charge on any atom is -0.274 e. The monoisotopic (exact) mass is 235 g/mol. The van der Waals surface area contributed by atoms with Crippen LogP contribution in [0.5, 0.6) is 0 Å². The van der Waals surface area contributed by atoms with Gasteiger partial charge in [0.1, 0.15) is 10.8 Å². The van der Waals surface area contributed by atoms with E-state index in [1.807, 2.05) is 0 Å². The number of hydroxylamine groups is 2. The Morgan fingerprint density at radius 1 is 1.50 bits per heavy atom. The van der Waals surface area contributed by atoms with Crippen LogP contribution in [0.3, 0.4) is 0 Å². The molecule has 5 nitrogen and oxygen atoms in total. The molecule has 76 valence electrons. The second-order valence-corrected chi connectivity index (χ2v) is 3.06. The molecule has 0 unspecified atom stereocenters. The molecule has 0 aliphatic heterocycles. The summed E-state index contributed by atoms with van der Waals surface area (Å²) in [6, 6.07) is 1.31. The molecule has 1 rings (SSSR count). The van der Waals surface area contributed by atoms with Crippen molar-refractivity contribution in [2.24, 2.45) is 0 Å². The van der Waals surface area contributed by atoms with Crippen molar-refractivity contribution < 1.29 is 9.63 Å². The van der Waals surface area contributed by atoms with E-state index in [1.54, 1.807) is 0 Å². The maximum absolute atomic E-state index is 11.5. The predicted octanol–water partition coefficient (Wildman–Crippen LogP) is 1.42. The highest BCUT2D eigenvalue weighted by Crippen LogP contribution is 2.11. The molecule has 0 atom stereocenters. The van der Waals surface area contributed by atoms with E-state index in [1.165, 1.54) is 20.2 Å². The average Bonchev–Trinajstić information content (AvgIpc) is 2.14. The minimum atomic E-state index is -0.446. The van der Waals surface area contributed by atoms with Crippen molar-refractivity contribution in [1.29, 1.82) is 0 Å². The SMILES string of the molecule is CON(C)C(=O)c1cc(Cl)nc(Cl)n1. The van der Waals surface area contributed by atoms with E-state index < -0.39 is 5.91 Å². The Kier molecular flexibility index (Phi) is 3.62. The Morgan fingerprint density at radius 3 is 2.64 bits per heavy atom. The molecule has 0 saturated carbocycles. The van der Waals surface area contributed by atoms with Crippen molar-refractivity contribution in [3.05, 3.63) is 22.2 Å². The van der Waals surface area contributed by atoms with Gasteiger partial charge in [0.25, 0.3) is 5.91 Å². The topological polar surface area (TPSA) is 55.3 Å². The van der Waals surface area contributed by atoms with Crippen molar-refractivity contribution in [1.82, 2.24) is 15.0 Å². The van der Waals surface area contributed by atoms with Gasteiger partial charge in [0.15, 0.2) is 0 Å². The van der Waals surface area contributed by atoms with Crippen LogP contribution in [0.25, 0.3) is 0 Å². The number of aromatic nitrogens is 2. The molecule has 7 heteroatoms. The summed E-state index contributed by atoms with van der Waals surface area (Å²) >= 11 is 11.1. The van der Waals surface area contributed by atoms with E-state index in [-0.39, 0.29) is 16.1 Å². The van der Waals surface area contributed by atoms with Gasteiger partial charge in [-0.05, 0) is 11.6 Å². The van der Waals surface area contributed by atoms with E-state index in [0.717, 1.165) is 5.06 Å². The summed E-state index contributed by atoms with van der Waals surface area (Å²) < 4.78 is 0. The predicted molar refractivity (Wildman–Crippen MR) is 51.2 cm³/mol. The summed E-state index contributed by atoms with van der Waals surface area (Å²) in [6.45, 7) is 0. The van der Waals surface area contributed by atoms with Crippen LogP contribution in [-0.2, 0) is 4.84 Å². The van der Waals surface area contributed by atoms with Crippen LogP contribution in [0, 0.1) is 0 Å². The molecule has 0 aromatic carbocycles. The quantitative estimate of drug-likeness (QED) is 0.442. The Hall–Kier alpha value is -0.910. The van der Waals surface area contributed by atoms with Crippen LogP contribution in [0.4, 0.5) is 0 Å². The van der Waals surface area contributed by atoms with Crippen LogP contribution >= 0.6 is 23.2 Å². The standard InChI is InChI=1S/C7H7Cl2N3O2/c1-12(14-2)6(13)4-3-5(8)11-7(9)10-4/h3H,1-2H3. The van der Waals surface area contributed by atoms with Crippen LogP contribution in [0.2, 0.25) is 10.4 Å². The molecular formula is C7H7Cl2N3O2. The zero-order valence-corrected chi connectivity index (χ0v) is 9.00. The third-order valence-corrected chi connectivity index (χ3v) is 1.81. The third kappa shape index (κ3) is 2.54. The van der Waals surface area contributed by atoms with Gasteiger partial charge in [-0.2, -0.15) is 0 Å². The molecule has 0 aliphatic rings. The maximum Gasteiger partial charge on any atom is 0.295 e. The first-order chi connectivity index (χ1) is 6.54. The molecular weight excluding hydrogens is 229 g/mol. The van der Waals surface area contributed by atoms with Crippen molar-refractivity contribution in [3.63, 3.8) is 0 Å². The second kappa shape index (κ2) is 4.54. The van der Waals surface area contributed by atoms with E-state index in [2.05, 4.69) is 14.8 Å². The number of hydrogen-bond donors (Lipinski definition) is 0. The van der Waals surface area contributed by atoms with Crippen molar-refractivity contribution in [2.75, 3.05) is 14.2 Å². The molecule has 1 aromatic rings. The Morgan fingerprint density at radius 2 is 2.14 bits per heavy atom. The highest BCUT2D eigenvalue weighted by molar-refractivity contribution is 6.32. The van der Waals surface area contributed by atoms with Gasteiger partial charge in [-0.3, -0.25) is 9.63 Å². The van der Waals surface area contributed by atoms with E-state index in [4.69, 9.17) is 23.2 Å². The van der Waals surface area contributed by atoms with Gasteiger partial charge in [0.05, 0.1) is 7.11 Å². The van der Waals surface area contributed by atoms with E-state index >= 15 is 0 Å². The van der Waals surface area contributed by atoms with Gasteiger partial charge < -0.3 is 0 Å². The van der Waals surface area contributed by atoms with Crippen molar-refractivity contribution >= 4 is 29.1 Å². The second-order valence-electron chi connectivity index (χ2n) is 2.33. The summed E-state index contributed by atoms with van der Waals surface area (Å²) in [5, 5.41) is 1.04. The summed E-state index contributed by atoms with van der Waals surface area (Å²) in [7, 11) is 2.81. The molecule has 1 amide bonds. The first-order valence-electron chi connectivity index (χ1n) is 3.57. The number of amides is 1. The smallest absolute Gasteiger partial charge is 0.274 e. The van der Waals surface area contributed by atoms with Crippen LogP contribution < -0.4 is 0 Å². The third-order valence-electron chi connectivity index (χ3n) is 1.45. The molecule has 0 aliphatic carbocycles. The zero-order valence-electron chi connectivity index (χ0n) is 7.49. The zero-order chi connectivity index (χ0) is 10.7. The van der Waals surface area contributed by atoms with Crippen LogP contribution in [0.1, 0.15) is 10.5 Å². The van der Waals surface area contributed by atoms with Gasteiger partial charge >= 0.3 is 0 Å².